The molecule has 0 radical (unpaired) electrons. The van der Waals surface area contributed by atoms with Crippen LogP contribution in [0.1, 0.15) is 11.1 Å². The van der Waals surface area contributed by atoms with Gasteiger partial charge in [-0.05, 0) is 42.0 Å². The summed E-state index contributed by atoms with van der Waals surface area (Å²) in [5.74, 6) is 0.895. The van der Waals surface area contributed by atoms with Crippen molar-refractivity contribution < 1.29 is 28.4 Å². The third kappa shape index (κ3) is 3.53. The van der Waals surface area contributed by atoms with Gasteiger partial charge in [-0.15, -0.1) is 0 Å². The van der Waals surface area contributed by atoms with Crippen molar-refractivity contribution in [1.29, 1.82) is 0 Å². The van der Waals surface area contributed by atoms with Crippen LogP contribution in [-0.2, 0) is 0 Å². The average Bonchev–Trinajstić information content (AvgIpc) is 2.60. The lowest BCUT2D eigenvalue weighted by atomic mass is 10.1. The largest absolute Gasteiger partial charge is 0.504 e. The number of phenolic OH excluding ortho intramolecular Hbond substituents is 1. The molecule has 5 nitrogen and oxygen atoms in total. The molecule has 1 N–H and O–H groups in total. The van der Waals surface area contributed by atoms with Gasteiger partial charge in [0.1, 0.15) is 5.83 Å². The molecule has 128 valence electrons. The third-order valence-corrected chi connectivity index (χ3v) is 3.44. The van der Waals surface area contributed by atoms with Crippen LogP contribution in [0.5, 0.6) is 28.7 Å². The fraction of sp³-hybridized carbons (Fsp3) is 0.222. The summed E-state index contributed by atoms with van der Waals surface area (Å²) in [5.41, 5.74) is 0.749. The van der Waals surface area contributed by atoms with E-state index in [4.69, 9.17) is 18.9 Å². The van der Waals surface area contributed by atoms with Crippen LogP contribution >= 0.6 is 0 Å². The molecule has 24 heavy (non-hydrogen) atoms. The topological polar surface area (TPSA) is 57.2 Å². The molecule has 6 heteroatoms. The number of aromatic hydroxyl groups is 1. The van der Waals surface area contributed by atoms with Crippen LogP contribution in [0, 0.1) is 0 Å². The monoisotopic (exact) mass is 334 g/mol. The van der Waals surface area contributed by atoms with Gasteiger partial charge in [-0.25, -0.2) is 4.39 Å². The van der Waals surface area contributed by atoms with Crippen molar-refractivity contribution in [3.05, 3.63) is 41.5 Å². The number of benzene rings is 2. The summed E-state index contributed by atoms with van der Waals surface area (Å²) in [5, 5.41) is 9.76. The molecule has 0 unspecified atom stereocenters. The maximum absolute atomic E-state index is 14.5. The van der Waals surface area contributed by atoms with Crippen molar-refractivity contribution in [2.45, 2.75) is 0 Å². The fourth-order valence-electron chi connectivity index (χ4n) is 2.25. The van der Waals surface area contributed by atoms with Gasteiger partial charge < -0.3 is 24.1 Å². The summed E-state index contributed by atoms with van der Waals surface area (Å²) in [7, 11) is 5.90. The van der Waals surface area contributed by atoms with Crippen molar-refractivity contribution >= 4 is 11.9 Å². The van der Waals surface area contributed by atoms with E-state index in [0.29, 0.717) is 22.8 Å². The van der Waals surface area contributed by atoms with Gasteiger partial charge >= 0.3 is 0 Å². The Balaban J connectivity index is 2.44. The van der Waals surface area contributed by atoms with E-state index in [-0.39, 0.29) is 17.1 Å². The molecule has 0 bridgehead atoms. The van der Waals surface area contributed by atoms with Crippen LogP contribution in [0.15, 0.2) is 30.3 Å². The Labute approximate surface area is 139 Å². The smallest absolute Gasteiger partial charge is 0.203 e. The molecule has 2 aromatic carbocycles. The van der Waals surface area contributed by atoms with Crippen molar-refractivity contribution in [2.24, 2.45) is 0 Å². The van der Waals surface area contributed by atoms with Crippen molar-refractivity contribution in [2.75, 3.05) is 28.4 Å². The first-order valence-corrected chi connectivity index (χ1v) is 7.08. The Kier molecular flexibility index (Phi) is 5.52. The zero-order valence-electron chi connectivity index (χ0n) is 13.9. The second-order valence-corrected chi connectivity index (χ2v) is 4.84. The molecule has 0 fully saturated rings. The van der Waals surface area contributed by atoms with Crippen molar-refractivity contribution in [1.82, 2.24) is 0 Å². The minimum absolute atomic E-state index is 0.136. The quantitative estimate of drug-likeness (QED) is 0.812. The molecule has 0 spiro atoms. The lowest BCUT2D eigenvalue weighted by Crippen LogP contribution is -1.95. The van der Waals surface area contributed by atoms with E-state index in [9.17, 15) is 9.50 Å². The van der Waals surface area contributed by atoms with Gasteiger partial charge in [-0.1, -0.05) is 0 Å². The normalized spacial score (nSPS) is 11.1. The molecule has 0 aliphatic heterocycles. The Morgan fingerprint density at radius 3 is 1.92 bits per heavy atom. The molecule has 0 saturated carbocycles. The highest BCUT2D eigenvalue weighted by Gasteiger charge is 2.13. The van der Waals surface area contributed by atoms with Crippen LogP contribution in [-0.4, -0.2) is 33.5 Å². The Morgan fingerprint density at radius 2 is 1.46 bits per heavy atom. The minimum atomic E-state index is -0.526. The number of hydrogen-bond donors (Lipinski definition) is 1. The molecule has 0 saturated heterocycles. The van der Waals surface area contributed by atoms with Gasteiger partial charge in [0.05, 0.1) is 28.4 Å². The lowest BCUT2D eigenvalue weighted by Gasteiger charge is -2.13. The molecule has 0 heterocycles. The number of halogens is 1. The van der Waals surface area contributed by atoms with Crippen LogP contribution < -0.4 is 18.9 Å². The first-order chi connectivity index (χ1) is 11.5. The van der Waals surface area contributed by atoms with Crippen LogP contribution in [0.25, 0.3) is 11.9 Å². The highest BCUT2D eigenvalue weighted by molar-refractivity contribution is 5.79. The van der Waals surface area contributed by atoms with Crippen LogP contribution in [0.3, 0.4) is 0 Å². The Bertz CT molecular complexity index is 730. The first kappa shape index (κ1) is 17.5. The van der Waals surface area contributed by atoms with Gasteiger partial charge in [0.15, 0.2) is 23.0 Å². The molecule has 0 aromatic heterocycles. The van der Waals surface area contributed by atoms with Crippen LogP contribution in [0.4, 0.5) is 4.39 Å². The molecule has 0 amide bonds. The van der Waals surface area contributed by atoms with E-state index in [2.05, 4.69) is 0 Å². The van der Waals surface area contributed by atoms with E-state index in [1.807, 2.05) is 0 Å². The second-order valence-electron chi connectivity index (χ2n) is 4.84. The Hall–Kier alpha value is -2.89. The number of phenols is 1. The predicted octanol–water partition coefficient (Wildman–Crippen LogP) is 3.89. The molecule has 0 aliphatic rings. The van der Waals surface area contributed by atoms with E-state index in [1.165, 1.54) is 52.7 Å². The minimum Gasteiger partial charge on any atom is -0.504 e. The number of methoxy groups -OCH3 is 4. The van der Waals surface area contributed by atoms with E-state index in [1.54, 1.807) is 12.1 Å². The number of hydrogen-bond acceptors (Lipinski definition) is 5. The zero-order chi connectivity index (χ0) is 17.7. The maximum atomic E-state index is 14.5. The standard InChI is InChI=1S/C18H19FO5/c1-21-15-6-5-12(10-14(15)20)13(19)7-11-8-16(22-2)18(24-4)17(9-11)23-3/h5-10,20H,1-4H3/b13-7-. The zero-order valence-corrected chi connectivity index (χ0v) is 13.9. The van der Waals surface area contributed by atoms with Crippen molar-refractivity contribution in [3.8, 4) is 28.7 Å². The average molecular weight is 334 g/mol. The van der Waals surface area contributed by atoms with Gasteiger partial charge in [-0.3, -0.25) is 0 Å². The van der Waals surface area contributed by atoms with Crippen LogP contribution in [0.2, 0.25) is 0 Å². The van der Waals surface area contributed by atoms with Gasteiger partial charge in [-0.2, -0.15) is 0 Å². The lowest BCUT2D eigenvalue weighted by molar-refractivity contribution is 0.324. The summed E-state index contributed by atoms with van der Waals surface area (Å²) in [6, 6.07) is 7.56. The molecule has 0 atom stereocenters. The highest BCUT2D eigenvalue weighted by Crippen LogP contribution is 2.39. The van der Waals surface area contributed by atoms with E-state index < -0.39 is 5.83 Å². The van der Waals surface area contributed by atoms with E-state index >= 15 is 0 Å². The number of rotatable bonds is 6. The molecule has 2 aromatic rings. The summed E-state index contributed by atoms with van der Waals surface area (Å²) in [6.45, 7) is 0. The molecular weight excluding hydrogens is 315 g/mol. The maximum Gasteiger partial charge on any atom is 0.203 e. The Morgan fingerprint density at radius 1 is 0.875 bits per heavy atom. The molecular formula is C18H19FO5. The third-order valence-electron chi connectivity index (χ3n) is 3.44. The summed E-state index contributed by atoms with van der Waals surface area (Å²) < 4.78 is 35.2. The second kappa shape index (κ2) is 7.59. The number of ether oxygens (including phenoxy) is 4. The highest BCUT2D eigenvalue weighted by atomic mass is 19.1. The SMILES string of the molecule is COc1ccc(/C(F)=C/c2cc(OC)c(OC)c(OC)c2)cc1O. The fourth-order valence-corrected chi connectivity index (χ4v) is 2.25. The van der Waals surface area contributed by atoms with Gasteiger partial charge in [0.2, 0.25) is 5.75 Å². The van der Waals surface area contributed by atoms with Gasteiger partial charge in [0.25, 0.3) is 0 Å². The summed E-state index contributed by atoms with van der Waals surface area (Å²) >= 11 is 0. The van der Waals surface area contributed by atoms with Crippen molar-refractivity contribution in [3.63, 3.8) is 0 Å². The molecule has 2 rings (SSSR count). The predicted molar refractivity (Wildman–Crippen MR) is 89.7 cm³/mol. The summed E-state index contributed by atoms with van der Waals surface area (Å²) in [4.78, 5) is 0. The van der Waals surface area contributed by atoms with Gasteiger partial charge in [0, 0.05) is 5.56 Å². The molecule has 0 aliphatic carbocycles. The van der Waals surface area contributed by atoms with E-state index in [0.717, 1.165) is 0 Å². The first-order valence-electron chi connectivity index (χ1n) is 7.08. The summed E-state index contributed by atoms with van der Waals surface area (Å²) in [6.07, 6.45) is 1.31.